The molecule has 0 fully saturated rings. The van der Waals surface area contributed by atoms with Crippen molar-refractivity contribution >= 4 is 29.2 Å². The van der Waals surface area contributed by atoms with E-state index < -0.39 is 18.5 Å². The number of nitrogens with zero attached hydrogens (tertiary/aromatic N) is 2. The largest absolute Gasteiger partial charge is 0.480 e. The maximum absolute atomic E-state index is 11.7. The van der Waals surface area contributed by atoms with Crippen molar-refractivity contribution in [3.63, 3.8) is 0 Å². The van der Waals surface area contributed by atoms with E-state index in [1.165, 1.54) is 0 Å². The molecule has 0 bridgehead atoms. The number of carboxylic acid groups (broad SMARTS) is 1. The van der Waals surface area contributed by atoms with Gasteiger partial charge in [0.15, 0.2) is 0 Å². The minimum absolute atomic E-state index is 0.359. The molecule has 0 aliphatic heterocycles. The van der Waals surface area contributed by atoms with Gasteiger partial charge in [-0.3, -0.25) is 4.79 Å². The van der Waals surface area contributed by atoms with Gasteiger partial charge in [-0.05, 0) is 12.1 Å². The number of benzene rings is 1. The van der Waals surface area contributed by atoms with Gasteiger partial charge in [0.05, 0.1) is 22.7 Å². The van der Waals surface area contributed by atoms with Crippen LogP contribution in [0.5, 0.6) is 0 Å². The third kappa shape index (κ3) is 4.04. The molecule has 7 nitrogen and oxygen atoms in total. The summed E-state index contributed by atoms with van der Waals surface area (Å²) in [5, 5.41) is 11.5. The second-order valence-electron chi connectivity index (χ2n) is 4.04. The zero-order valence-corrected chi connectivity index (χ0v) is 11.6. The van der Waals surface area contributed by atoms with E-state index in [0.29, 0.717) is 16.4 Å². The van der Waals surface area contributed by atoms with E-state index in [-0.39, 0.29) is 6.61 Å². The minimum Gasteiger partial charge on any atom is -0.480 e. The third-order valence-electron chi connectivity index (χ3n) is 2.48. The topological polar surface area (TPSA) is 93.5 Å². The maximum Gasteiger partial charge on any atom is 0.329 e. The zero-order valence-electron chi connectivity index (χ0n) is 10.8. The van der Waals surface area contributed by atoms with Crippen LogP contribution >= 0.6 is 11.6 Å². The molecule has 1 aromatic carbocycles. The van der Waals surface area contributed by atoms with Gasteiger partial charge in [0.2, 0.25) is 5.91 Å². The highest BCUT2D eigenvalue weighted by molar-refractivity contribution is 6.33. The number of carbonyl (C=O) groups is 2. The number of carbonyl (C=O) groups excluding carboxylic acids is 1. The number of aromatic nitrogens is 2. The minimum atomic E-state index is -1.13. The van der Waals surface area contributed by atoms with E-state index in [2.05, 4.69) is 10.3 Å². The second kappa shape index (κ2) is 6.87. The average molecular weight is 310 g/mol. The summed E-state index contributed by atoms with van der Waals surface area (Å²) in [6.07, 6.45) is 4.83. The molecule has 2 N–H and O–H groups in total. The number of amides is 1. The Morgan fingerprint density at radius 1 is 1.38 bits per heavy atom. The van der Waals surface area contributed by atoms with Crippen molar-refractivity contribution in [1.82, 2.24) is 9.55 Å². The van der Waals surface area contributed by atoms with E-state index in [1.54, 1.807) is 41.5 Å². The van der Waals surface area contributed by atoms with Gasteiger partial charge in [-0.1, -0.05) is 17.7 Å². The quantitative estimate of drug-likeness (QED) is 0.844. The molecule has 2 rings (SSSR count). The molecule has 0 radical (unpaired) electrons. The summed E-state index contributed by atoms with van der Waals surface area (Å²) in [7, 11) is 0. The van der Waals surface area contributed by atoms with Crippen LogP contribution in [0.3, 0.4) is 0 Å². The van der Waals surface area contributed by atoms with Gasteiger partial charge >= 0.3 is 5.97 Å². The van der Waals surface area contributed by atoms with E-state index in [0.717, 1.165) is 0 Å². The van der Waals surface area contributed by atoms with Gasteiger partial charge in [0.25, 0.3) is 0 Å². The highest BCUT2D eigenvalue weighted by atomic mass is 35.5. The number of nitrogens with one attached hydrogen (secondary N) is 1. The number of para-hydroxylation sites is 1. The van der Waals surface area contributed by atoms with Crippen molar-refractivity contribution in [1.29, 1.82) is 0 Å². The lowest BCUT2D eigenvalue weighted by atomic mass is 10.2. The fraction of sp³-hybridized carbons (Fsp3) is 0.154. The van der Waals surface area contributed by atoms with Crippen molar-refractivity contribution in [3.8, 4) is 5.69 Å². The summed E-state index contributed by atoms with van der Waals surface area (Å²) >= 11 is 6.14. The number of hydrogen-bond donors (Lipinski definition) is 2. The lowest BCUT2D eigenvalue weighted by Gasteiger charge is -2.13. The molecule has 0 aliphatic rings. The number of carboxylic acids is 1. The van der Waals surface area contributed by atoms with Gasteiger partial charge < -0.3 is 19.7 Å². The first kappa shape index (κ1) is 15.0. The Balaban J connectivity index is 2.12. The Labute approximate surface area is 125 Å². The Hall–Kier alpha value is -2.38. The number of ether oxygens (including phenoxy) is 1. The van der Waals surface area contributed by atoms with Crippen LogP contribution in [0.1, 0.15) is 0 Å². The molecule has 0 saturated carbocycles. The number of aliphatic carboxylic acids is 1. The SMILES string of the molecule is O=C(O)COCC(=O)Nc1cccc(Cl)c1-n1ccnc1. The molecule has 0 atom stereocenters. The molecular weight excluding hydrogens is 298 g/mol. The normalized spacial score (nSPS) is 10.3. The number of hydrogen-bond acceptors (Lipinski definition) is 4. The highest BCUT2D eigenvalue weighted by Gasteiger charge is 2.12. The highest BCUT2D eigenvalue weighted by Crippen LogP contribution is 2.28. The first-order valence-electron chi connectivity index (χ1n) is 5.94. The fourth-order valence-electron chi connectivity index (χ4n) is 1.69. The van der Waals surface area contributed by atoms with Crippen LogP contribution in [0.15, 0.2) is 36.9 Å². The number of anilines is 1. The Bertz CT molecular complexity index is 643. The lowest BCUT2D eigenvalue weighted by molar-refractivity contribution is -0.143. The first-order valence-corrected chi connectivity index (χ1v) is 6.32. The Morgan fingerprint density at radius 2 is 2.19 bits per heavy atom. The molecule has 0 unspecified atom stereocenters. The van der Waals surface area contributed by atoms with Crippen LogP contribution in [0, 0.1) is 0 Å². The molecule has 8 heteroatoms. The number of rotatable bonds is 6. The molecule has 0 aliphatic carbocycles. The molecule has 1 amide bonds. The standard InChI is InChI=1S/C13H12ClN3O4/c14-9-2-1-3-10(13(9)17-5-4-15-8-17)16-11(18)6-21-7-12(19)20/h1-5,8H,6-7H2,(H,16,18)(H,19,20). The van der Waals surface area contributed by atoms with Gasteiger partial charge in [-0.15, -0.1) is 0 Å². The smallest absolute Gasteiger partial charge is 0.329 e. The molecular formula is C13H12ClN3O4. The predicted molar refractivity (Wildman–Crippen MR) is 75.7 cm³/mol. The predicted octanol–water partition coefficient (Wildman–Crippen LogP) is 1.57. The van der Waals surface area contributed by atoms with Gasteiger partial charge in [0.1, 0.15) is 13.2 Å². The number of halogens is 1. The van der Waals surface area contributed by atoms with E-state index in [9.17, 15) is 9.59 Å². The molecule has 1 aromatic heterocycles. The number of imidazole rings is 1. The molecule has 1 heterocycles. The van der Waals surface area contributed by atoms with Gasteiger partial charge in [0, 0.05) is 12.4 Å². The summed E-state index contributed by atoms with van der Waals surface area (Å²) in [5.74, 6) is -1.61. The van der Waals surface area contributed by atoms with Gasteiger partial charge in [-0.25, -0.2) is 9.78 Å². The van der Waals surface area contributed by atoms with E-state index >= 15 is 0 Å². The molecule has 2 aromatic rings. The van der Waals surface area contributed by atoms with Crippen molar-refractivity contribution < 1.29 is 19.4 Å². The van der Waals surface area contributed by atoms with Crippen molar-refractivity contribution in [2.45, 2.75) is 0 Å². The van der Waals surface area contributed by atoms with Crippen LogP contribution in [-0.2, 0) is 14.3 Å². The first-order chi connectivity index (χ1) is 10.1. The van der Waals surface area contributed by atoms with Gasteiger partial charge in [-0.2, -0.15) is 0 Å². The zero-order chi connectivity index (χ0) is 15.2. The average Bonchev–Trinajstić information content (AvgIpc) is 2.92. The van der Waals surface area contributed by atoms with Crippen LogP contribution in [0.4, 0.5) is 5.69 Å². The molecule has 110 valence electrons. The Kier molecular flexibility index (Phi) is 4.91. The summed E-state index contributed by atoms with van der Waals surface area (Å²) in [4.78, 5) is 26.0. The summed E-state index contributed by atoms with van der Waals surface area (Å²) < 4.78 is 6.39. The van der Waals surface area contributed by atoms with Crippen molar-refractivity contribution in [2.24, 2.45) is 0 Å². The van der Waals surface area contributed by atoms with Crippen LogP contribution in [0.2, 0.25) is 5.02 Å². The van der Waals surface area contributed by atoms with Crippen LogP contribution < -0.4 is 5.32 Å². The van der Waals surface area contributed by atoms with Crippen LogP contribution in [-0.4, -0.2) is 39.7 Å². The second-order valence-corrected chi connectivity index (χ2v) is 4.45. The lowest BCUT2D eigenvalue weighted by Crippen LogP contribution is -2.21. The molecule has 21 heavy (non-hydrogen) atoms. The van der Waals surface area contributed by atoms with Crippen molar-refractivity contribution in [3.05, 3.63) is 41.9 Å². The van der Waals surface area contributed by atoms with Crippen molar-refractivity contribution in [2.75, 3.05) is 18.5 Å². The van der Waals surface area contributed by atoms with E-state index in [4.69, 9.17) is 21.4 Å². The maximum atomic E-state index is 11.7. The summed E-state index contributed by atoms with van der Waals surface area (Å²) in [6.45, 7) is -0.889. The fourth-order valence-corrected chi connectivity index (χ4v) is 1.96. The van der Waals surface area contributed by atoms with Crippen LogP contribution in [0.25, 0.3) is 5.69 Å². The summed E-state index contributed by atoms with van der Waals surface area (Å²) in [5.41, 5.74) is 1.05. The van der Waals surface area contributed by atoms with E-state index in [1.807, 2.05) is 0 Å². The monoisotopic (exact) mass is 309 g/mol. The summed E-state index contributed by atoms with van der Waals surface area (Å²) in [6, 6.07) is 5.06. The Morgan fingerprint density at radius 3 is 2.86 bits per heavy atom. The molecule has 0 saturated heterocycles. The third-order valence-corrected chi connectivity index (χ3v) is 2.79. The molecule has 0 spiro atoms.